The molecule has 0 bridgehead atoms. The van der Waals surface area contributed by atoms with Crippen LogP contribution in [0.25, 0.3) is 0 Å². The van der Waals surface area contributed by atoms with Gasteiger partial charge in [-0.15, -0.1) is 19.6 Å². The molecule has 6 heteroatoms. The SMILES string of the molecule is C#CCN(C(=O)OC(C)O[C-]=O)C1CCc2ccccc21.C=C.[CH2]=[V+2].[CH3-]. The van der Waals surface area contributed by atoms with E-state index in [1.165, 1.54) is 23.9 Å². The van der Waals surface area contributed by atoms with Crippen LogP contribution in [-0.4, -0.2) is 35.5 Å². The van der Waals surface area contributed by atoms with E-state index in [0.29, 0.717) is 0 Å². The molecule has 0 heterocycles. The first-order chi connectivity index (χ1) is 12.2. The van der Waals surface area contributed by atoms with E-state index in [1.807, 2.05) is 24.3 Å². The first-order valence-corrected chi connectivity index (χ1v) is 8.49. The van der Waals surface area contributed by atoms with E-state index in [9.17, 15) is 9.59 Å². The van der Waals surface area contributed by atoms with Crippen LogP contribution in [0.3, 0.4) is 0 Å². The van der Waals surface area contributed by atoms with E-state index >= 15 is 0 Å². The fraction of sp³-hybridized carbons (Fsp3) is 0.300. The summed E-state index contributed by atoms with van der Waals surface area (Å²) in [5, 5.41) is 3.19. The molecule has 2 atom stereocenters. The molecule has 1 aliphatic rings. The van der Waals surface area contributed by atoms with E-state index in [4.69, 9.17) is 11.2 Å². The third-order valence-corrected chi connectivity index (χ3v) is 3.45. The second kappa shape index (κ2) is 15.0. The van der Waals surface area contributed by atoms with Crippen molar-refractivity contribution in [3.05, 3.63) is 56.0 Å². The Morgan fingerprint density at radius 3 is 2.65 bits per heavy atom. The Labute approximate surface area is 165 Å². The number of nitrogens with zero attached hydrogens (tertiary/aromatic N) is 1. The van der Waals surface area contributed by atoms with Gasteiger partial charge < -0.3 is 21.7 Å². The number of amides is 1. The van der Waals surface area contributed by atoms with E-state index < -0.39 is 12.4 Å². The number of carbonyl (C=O) groups is 1. The molecule has 0 spiro atoms. The number of aryl methyl sites for hydroxylation is 1. The summed E-state index contributed by atoms with van der Waals surface area (Å²) in [6.45, 7) is 8.82. The van der Waals surface area contributed by atoms with Crippen molar-refractivity contribution in [2.45, 2.75) is 32.1 Å². The molecule has 0 N–H and O–H groups in total. The fourth-order valence-electron chi connectivity index (χ4n) is 2.56. The first-order valence-electron chi connectivity index (χ1n) is 7.50. The standard InChI is InChI=1S/C16H16NO4.C2H4.CH3.CH2.V/c1-3-10-17(16(19)21-12(2)20-11-18)15-9-8-13-6-4-5-7-14(13)15;1-2;;;/h1,4-7,12,15H,8-10H2,2H3;1-2H2;1H3;1H2;/q-1;;-1;;+2. The maximum Gasteiger partial charge on any atom is -0.358 e. The number of terminal acetylenes is 1. The molecule has 0 radical (unpaired) electrons. The summed E-state index contributed by atoms with van der Waals surface area (Å²) in [7, 11) is 0. The van der Waals surface area contributed by atoms with Crippen LogP contribution in [0.15, 0.2) is 37.4 Å². The number of hydrogen-bond donors (Lipinski definition) is 0. The first kappa shape index (κ1) is 25.9. The van der Waals surface area contributed by atoms with E-state index in [2.05, 4.69) is 46.0 Å². The Morgan fingerprint density at radius 2 is 2.08 bits per heavy atom. The smallest absolute Gasteiger partial charge is 0.358 e. The zero-order valence-electron chi connectivity index (χ0n) is 15.3. The number of hydrogen-bond acceptors (Lipinski definition) is 4. The van der Waals surface area contributed by atoms with Crippen LogP contribution in [0, 0.1) is 19.8 Å². The van der Waals surface area contributed by atoms with Crippen molar-refractivity contribution in [3.63, 3.8) is 0 Å². The van der Waals surface area contributed by atoms with Gasteiger partial charge in [0.05, 0.1) is 12.6 Å². The molecule has 139 valence electrons. The van der Waals surface area contributed by atoms with Crippen LogP contribution in [0.2, 0.25) is 0 Å². The summed E-state index contributed by atoms with van der Waals surface area (Å²) < 4.78 is 9.49. The molecular formula is C20H25NO4V. The maximum absolute atomic E-state index is 12.2. The Kier molecular flexibility index (Phi) is 15.0. The minimum Gasteiger partial charge on any atom is -0.358 e. The van der Waals surface area contributed by atoms with Crippen molar-refractivity contribution in [2.75, 3.05) is 6.54 Å². The molecule has 26 heavy (non-hydrogen) atoms. The molecule has 0 aromatic heterocycles. The van der Waals surface area contributed by atoms with Crippen molar-refractivity contribution in [3.8, 4) is 12.3 Å². The summed E-state index contributed by atoms with van der Waals surface area (Å²) in [5.41, 5.74) is 2.29. The predicted molar refractivity (Wildman–Crippen MR) is 101 cm³/mol. The second-order valence-electron chi connectivity index (χ2n) is 4.74. The van der Waals surface area contributed by atoms with Gasteiger partial charge in [-0.25, -0.2) is 4.79 Å². The Hall–Kier alpha value is -2.29. The molecule has 0 saturated heterocycles. The molecule has 1 aromatic carbocycles. The van der Waals surface area contributed by atoms with Gasteiger partial charge in [0.25, 0.3) is 0 Å². The van der Waals surface area contributed by atoms with Gasteiger partial charge in [0, 0.05) is 6.92 Å². The van der Waals surface area contributed by atoms with Gasteiger partial charge in [-0.2, -0.15) is 0 Å². The number of carbonyl (C=O) groups excluding carboxylic acids is 2. The molecular weight excluding hydrogens is 369 g/mol. The van der Waals surface area contributed by atoms with Gasteiger partial charge in [-0.05, 0) is 24.0 Å². The zero-order chi connectivity index (χ0) is 19.2. The molecule has 2 rings (SSSR count). The van der Waals surface area contributed by atoms with Crippen LogP contribution in [0.5, 0.6) is 0 Å². The Bertz CT molecular complexity index is 598. The van der Waals surface area contributed by atoms with E-state index in [1.54, 1.807) is 0 Å². The van der Waals surface area contributed by atoms with Gasteiger partial charge >= 0.3 is 28.3 Å². The fourth-order valence-corrected chi connectivity index (χ4v) is 2.56. The quantitative estimate of drug-likeness (QED) is 0.333. The molecule has 0 fully saturated rings. The average Bonchev–Trinajstić information content (AvgIpc) is 3.07. The van der Waals surface area contributed by atoms with Gasteiger partial charge in [-0.1, -0.05) is 36.7 Å². The van der Waals surface area contributed by atoms with E-state index in [0.717, 1.165) is 18.4 Å². The van der Waals surface area contributed by atoms with Gasteiger partial charge in [0.2, 0.25) is 6.29 Å². The van der Waals surface area contributed by atoms with Crippen LogP contribution in [0.1, 0.15) is 30.5 Å². The summed E-state index contributed by atoms with van der Waals surface area (Å²) in [4.78, 5) is 23.8. The normalized spacial score (nSPS) is 14.3. The van der Waals surface area contributed by atoms with Crippen LogP contribution in [0.4, 0.5) is 4.79 Å². The van der Waals surface area contributed by atoms with Gasteiger partial charge in [0.15, 0.2) is 0 Å². The van der Waals surface area contributed by atoms with Crippen molar-refractivity contribution in [1.29, 1.82) is 0 Å². The second-order valence-corrected chi connectivity index (χ2v) is 4.74. The Morgan fingerprint density at radius 1 is 1.46 bits per heavy atom. The van der Waals surface area contributed by atoms with Gasteiger partial charge in [-0.3, -0.25) is 4.90 Å². The third-order valence-electron chi connectivity index (χ3n) is 3.45. The molecule has 1 amide bonds. The minimum absolute atomic E-state index is 0. The topological polar surface area (TPSA) is 55.8 Å². The van der Waals surface area contributed by atoms with Crippen LogP contribution < -0.4 is 0 Å². The third kappa shape index (κ3) is 7.30. The van der Waals surface area contributed by atoms with Crippen LogP contribution >= 0.6 is 0 Å². The van der Waals surface area contributed by atoms with Crippen molar-refractivity contribution >= 4 is 17.8 Å². The largest absolute Gasteiger partial charge is 0.358 e. The molecule has 2 unspecified atom stereocenters. The molecule has 0 saturated carbocycles. The average molecular weight is 394 g/mol. The molecule has 5 nitrogen and oxygen atoms in total. The monoisotopic (exact) mass is 394 g/mol. The molecule has 1 aromatic rings. The summed E-state index contributed by atoms with van der Waals surface area (Å²) in [6.07, 6.45) is 5.45. The molecule has 0 aliphatic heterocycles. The van der Waals surface area contributed by atoms with Crippen LogP contribution in [-0.2, 0) is 37.7 Å². The minimum atomic E-state index is -0.994. The summed E-state index contributed by atoms with van der Waals surface area (Å²) in [6, 6.07) is 7.83. The van der Waals surface area contributed by atoms with Crippen molar-refractivity contribution < 1.29 is 36.0 Å². The molecule has 1 aliphatic carbocycles. The zero-order valence-corrected chi connectivity index (χ0v) is 16.7. The van der Waals surface area contributed by atoms with Gasteiger partial charge in [0.1, 0.15) is 0 Å². The van der Waals surface area contributed by atoms with Crippen molar-refractivity contribution in [2.24, 2.45) is 0 Å². The summed E-state index contributed by atoms with van der Waals surface area (Å²) >= 11 is 2.06. The number of rotatable bonds is 5. The van der Waals surface area contributed by atoms with E-state index in [-0.39, 0.29) is 20.0 Å². The number of benzene rings is 1. The predicted octanol–water partition coefficient (Wildman–Crippen LogP) is 3.39. The Balaban J connectivity index is 0. The number of fused-ring (bicyclic) bond motifs is 1. The maximum atomic E-state index is 12.2. The number of ether oxygens (including phenoxy) is 2. The van der Waals surface area contributed by atoms with Crippen molar-refractivity contribution in [1.82, 2.24) is 4.90 Å². The summed E-state index contributed by atoms with van der Waals surface area (Å²) in [5.74, 6) is 2.47.